The van der Waals surface area contributed by atoms with Gasteiger partial charge in [-0.3, -0.25) is 0 Å². The molecule has 94 valence electrons. The van der Waals surface area contributed by atoms with Gasteiger partial charge >= 0.3 is 0 Å². The summed E-state index contributed by atoms with van der Waals surface area (Å²) in [6, 6.07) is 7.84. The lowest BCUT2D eigenvalue weighted by molar-refractivity contribution is 0.851. The van der Waals surface area contributed by atoms with Crippen LogP contribution in [0.1, 0.15) is 5.82 Å². The maximum Gasteiger partial charge on any atom is 0.208 e. The van der Waals surface area contributed by atoms with E-state index in [9.17, 15) is 0 Å². The Labute approximate surface area is 122 Å². The summed E-state index contributed by atoms with van der Waals surface area (Å²) in [5.41, 5.74) is 5.51. The fraction of sp³-hybridized carbons (Fsp3) is 0. The largest absolute Gasteiger partial charge is 0.387 e. The molecular weight excluding hydrogens is 326 g/mol. The van der Waals surface area contributed by atoms with Crippen molar-refractivity contribution in [3.8, 4) is 5.82 Å². The molecule has 2 aromatic heterocycles. The van der Waals surface area contributed by atoms with Crippen LogP contribution in [0.3, 0.4) is 0 Å². The van der Waals surface area contributed by atoms with E-state index in [2.05, 4.69) is 31.0 Å². The molecule has 1 aromatic carbocycles. The highest BCUT2D eigenvalue weighted by molar-refractivity contribution is 9.10. The number of nitrogens with zero attached hydrogens (tertiary/aromatic N) is 4. The fourth-order valence-electron chi connectivity index (χ4n) is 1.81. The smallest absolute Gasteiger partial charge is 0.208 e. The van der Waals surface area contributed by atoms with Crippen molar-refractivity contribution in [2.45, 2.75) is 0 Å². The van der Waals surface area contributed by atoms with Crippen LogP contribution in [-0.2, 0) is 0 Å². The Hall–Kier alpha value is -1.86. The van der Waals surface area contributed by atoms with E-state index in [1.807, 2.05) is 24.3 Å². The predicted octanol–water partition coefficient (Wildman–Crippen LogP) is 2.21. The lowest BCUT2D eigenvalue weighted by Crippen LogP contribution is -2.12. The standard InChI is InChI=1S/C12H8BrN5S/c13-9-3-1-2-8-7(9)4-5-15-12(8)18-6-16-11(17-18)10(14)19/h1-6H,(H2,14,19). The van der Waals surface area contributed by atoms with Crippen molar-refractivity contribution in [3.63, 3.8) is 0 Å². The monoisotopic (exact) mass is 333 g/mol. The van der Waals surface area contributed by atoms with E-state index in [1.54, 1.807) is 17.2 Å². The molecule has 19 heavy (non-hydrogen) atoms. The zero-order chi connectivity index (χ0) is 13.4. The number of hydrogen-bond acceptors (Lipinski definition) is 4. The molecule has 0 saturated carbocycles. The van der Waals surface area contributed by atoms with E-state index in [4.69, 9.17) is 18.0 Å². The van der Waals surface area contributed by atoms with Gasteiger partial charge in [-0.1, -0.05) is 40.3 Å². The second kappa shape index (κ2) is 4.67. The zero-order valence-corrected chi connectivity index (χ0v) is 12.0. The highest BCUT2D eigenvalue weighted by Crippen LogP contribution is 2.26. The van der Waals surface area contributed by atoms with Crippen molar-refractivity contribution < 1.29 is 0 Å². The van der Waals surface area contributed by atoms with Crippen LogP contribution in [0, 0.1) is 0 Å². The molecule has 2 heterocycles. The van der Waals surface area contributed by atoms with Gasteiger partial charge in [0, 0.05) is 21.4 Å². The maximum absolute atomic E-state index is 5.51. The molecule has 7 heteroatoms. The Balaban J connectivity index is 2.24. The molecule has 0 atom stereocenters. The van der Waals surface area contributed by atoms with Gasteiger partial charge in [-0.15, -0.1) is 5.10 Å². The minimum atomic E-state index is 0.167. The SMILES string of the molecule is NC(=S)c1ncn(-c2nccc3c(Br)cccc23)n1. The van der Waals surface area contributed by atoms with Crippen LogP contribution >= 0.6 is 28.1 Å². The highest BCUT2D eigenvalue weighted by atomic mass is 79.9. The molecule has 3 aromatic rings. The molecular formula is C12H8BrN5S. The van der Waals surface area contributed by atoms with Crippen molar-refractivity contribution in [3.05, 3.63) is 47.1 Å². The molecule has 0 amide bonds. The first kappa shape index (κ1) is 12.2. The van der Waals surface area contributed by atoms with Gasteiger partial charge in [0.15, 0.2) is 5.82 Å². The van der Waals surface area contributed by atoms with Gasteiger partial charge in [0.1, 0.15) is 11.3 Å². The molecule has 0 unspecified atom stereocenters. The number of aromatic nitrogens is 4. The maximum atomic E-state index is 5.51. The van der Waals surface area contributed by atoms with Crippen LogP contribution in [0.4, 0.5) is 0 Å². The minimum absolute atomic E-state index is 0.167. The van der Waals surface area contributed by atoms with Gasteiger partial charge in [0.05, 0.1) is 0 Å². The molecule has 5 nitrogen and oxygen atoms in total. The molecule has 0 aliphatic carbocycles. The summed E-state index contributed by atoms with van der Waals surface area (Å²) >= 11 is 8.37. The average Bonchev–Trinajstić information content (AvgIpc) is 2.88. The van der Waals surface area contributed by atoms with E-state index < -0.39 is 0 Å². The molecule has 2 N–H and O–H groups in total. The Morgan fingerprint density at radius 1 is 1.21 bits per heavy atom. The van der Waals surface area contributed by atoms with Crippen molar-refractivity contribution in [1.82, 2.24) is 19.7 Å². The van der Waals surface area contributed by atoms with Gasteiger partial charge in [0.25, 0.3) is 0 Å². The van der Waals surface area contributed by atoms with Crippen LogP contribution in [0.15, 0.2) is 41.3 Å². The first-order valence-corrected chi connectivity index (χ1v) is 6.62. The van der Waals surface area contributed by atoms with Gasteiger partial charge in [-0.05, 0) is 12.1 Å². The zero-order valence-electron chi connectivity index (χ0n) is 9.62. The Kier molecular flexibility index (Phi) is 3.00. The molecule has 0 fully saturated rings. The van der Waals surface area contributed by atoms with E-state index >= 15 is 0 Å². The van der Waals surface area contributed by atoms with Crippen molar-refractivity contribution >= 4 is 43.9 Å². The summed E-state index contributed by atoms with van der Waals surface area (Å²) in [7, 11) is 0. The van der Waals surface area contributed by atoms with Crippen LogP contribution in [0.2, 0.25) is 0 Å². The van der Waals surface area contributed by atoms with E-state index in [-0.39, 0.29) is 4.99 Å². The van der Waals surface area contributed by atoms with Crippen LogP contribution < -0.4 is 5.73 Å². The van der Waals surface area contributed by atoms with E-state index in [0.717, 1.165) is 15.2 Å². The molecule has 0 radical (unpaired) electrons. The number of rotatable bonds is 2. The summed E-state index contributed by atoms with van der Waals surface area (Å²) in [6.45, 7) is 0. The second-order valence-corrected chi connectivity index (χ2v) is 5.14. The lowest BCUT2D eigenvalue weighted by atomic mass is 10.1. The summed E-state index contributed by atoms with van der Waals surface area (Å²) < 4.78 is 2.58. The predicted molar refractivity (Wildman–Crippen MR) is 80.2 cm³/mol. The van der Waals surface area contributed by atoms with Crippen molar-refractivity contribution in [2.75, 3.05) is 0 Å². The normalized spacial score (nSPS) is 10.8. The van der Waals surface area contributed by atoms with Crippen molar-refractivity contribution in [1.29, 1.82) is 0 Å². The highest BCUT2D eigenvalue weighted by Gasteiger charge is 2.10. The molecule has 0 spiro atoms. The average molecular weight is 334 g/mol. The molecule has 0 aliphatic heterocycles. The quantitative estimate of drug-likeness (QED) is 0.728. The van der Waals surface area contributed by atoms with Gasteiger partial charge in [0.2, 0.25) is 5.82 Å². The van der Waals surface area contributed by atoms with E-state index in [1.165, 1.54) is 0 Å². The Bertz CT molecular complexity index is 783. The first-order valence-electron chi connectivity index (χ1n) is 5.42. The van der Waals surface area contributed by atoms with Crippen LogP contribution in [0.25, 0.3) is 16.6 Å². The number of nitrogens with two attached hydrogens (primary N) is 1. The summed E-state index contributed by atoms with van der Waals surface area (Å²) in [5, 5.41) is 6.25. The first-order chi connectivity index (χ1) is 9.16. The van der Waals surface area contributed by atoms with Gasteiger partial charge < -0.3 is 5.73 Å². The second-order valence-electron chi connectivity index (χ2n) is 3.85. The lowest BCUT2D eigenvalue weighted by Gasteiger charge is -2.05. The summed E-state index contributed by atoms with van der Waals surface area (Å²) in [4.78, 5) is 8.57. The molecule has 3 rings (SSSR count). The fourth-order valence-corrected chi connectivity index (χ4v) is 2.41. The summed E-state index contributed by atoms with van der Waals surface area (Å²) in [6.07, 6.45) is 3.28. The molecule has 0 bridgehead atoms. The third-order valence-electron chi connectivity index (χ3n) is 2.66. The number of hydrogen-bond donors (Lipinski definition) is 1. The summed E-state index contributed by atoms with van der Waals surface area (Å²) in [5.74, 6) is 1.03. The topological polar surface area (TPSA) is 69.6 Å². The Morgan fingerprint density at radius 2 is 2.05 bits per heavy atom. The molecule has 0 saturated heterocycles. The molecule has 0 aliphatic rings. The van der Waals surface area contributed by atoms with Crippen molar-refractivity contribution in [2.24, 2.45) is 5.73 Å². The minimum Gasteiger partial charge on any atom is -0.387 e. The van der Waals surface area contributed by atoms with Gasteiger partial charge in [-0.25, -0.2) is 14.6 Å². The van der Waals surface area contributed by atoms with Crippen LogP contribution in [-0.4, -0.2) is 24.7 Å². The number of pyridine rings is 1. The number of halogens is 1. The van der Waals surface area contributed by atoms with Crippen LogP contribution in [0.5, 0.6) is 0 Å². The number of benzene rings is 1. The third kappa shape index (κ3) is 2.11. The number of fused-ring (bicyclic) bond motifs is 1. The Morgan fingerprint density at radius 3 is 2.79 bits per heavy atom. The van der Waals surface area contributed by atoms with E-state index in [0.29, 0.717) is 11.6 Å². The van der Waals surface area contributed by atoms with Gasteiger partial charge in [-0.2, -0.15) is 0 Å². The third-order valence-corrected chi connectivity index (χ3v) is 3.54. The number of thiocarbonyl (C=S) groups is 1.